The highest BCUT2D eigenvalue weighted by Crippen LogP contribution is 2.22. The molecule has 0 saturated heterocycles. The van der Waals surface area contributed by atoms with Crippen molar-refractivity contribution >= 4 is 21.6 Å². The van der Waals surface area contributed by atoms with Crippen LogP contribution in [0.5, 0.6) is 0 Å². The van der Waals surface area contributed by atoms with Crippen LogP contribution in [0.2, 0.25) is 5.02 Å². The number of rotatable bonds is 4. The first-order chi connectivity index (χ1) is 9.41. The van der Waals surface area contributed by atoms with Crippen LogP contribution in [0.3, 0.4) is 0 Å². The minimum atomic E-state index is -3.50. The summed E-state index contributed by atoms with van der Waals surface area (Å²) in [5.74, 6) is 0. The molecule has 0 aromatic heterocycles. The summed E-state index contributed by atoms with van der Waals surface area (Å²) in [6.45, 7) is 2.13. The van der Waals surface area contributed by atoms with Crippen molar-refractivity contribution in [1.82, 2.24) is 4.31 Å². The molecule has 0 aliphatic rings. The van der Waals surface area contributed by atoms with Gasteiger partial charge in [-0.1, -0.05) is 41.9 Å². The van der Waals surface area contributed by atoms with Gasteiger partial charge in [0, 0.05) is 18.6 Å². The van der Waals surface area contributed by atoms with E-state index in [9.17, 15) is 8.42 Å². The Hall–Kier alpha value is -1.36. The van der Waals surface area contributed by atoms with Gasteiger partial charge in [-0.25, -0.2) is 8.42 Å². The van der Waals surface area contributed by atoms with Crippen LogP contribution in [0.1, 0.15) is 11.1 Å². The van der Waals surface area contributed by atoms with Gasteiger partial charge in [0.2, 0.25) is 10.0 Å². The van der Waals surface area contributed by atoms with E-state index in [1.807, 2.05) is 30.3 Å². The lowest BCUT2D eigenvalue weighted by Gasteiger charge is -2.17. The molecule has 0 unspecified atom stereocenters. The molecule has 2 aromatic carbocycles. The van der Waals surface area contributed by atoms with Gasteiger partial charge in [-0.3, -0.25) is 0 Å². The molecule has 106 valence electrons. The van der Waals surface area contributed by atoms with Crippen molar-refractivity contribution in [2.24, 2.45) is 0 Å². The highest BCUT2D eigenvalue weighted by atomic mass is 35.5. The first-order valence-electron chi connectivity index (χ1n) is 6.17. The summed E-state index contributed by atoms with van der Waals surface area (Å²) in [6, 6.07) is 14.2. The van der Waals surface area contributed by atoms with E-state index < -0.39 is 10.0 Å². The third kappa shape index (κ3) is 3.20. The lowest BCUT2D eigenvalue weighted by molar-refractivity contribution is 0.466. The van der Waals surface area contributed by atoms with E-state index in [0.717, 1.165) is 11.1 Å². The van der Waals surface area contributed by atoms with Gasteiger partial charge in [-0.2, -0.15) is 4.31 Å². The van der Waals surface area contributed by atoms with Crippen LogP contribution in [0.15, 0.2) is 53.4 Å². The Morgan fingerprint density at radius 1 is 1.10 bits per heavy atom. The van der Waals surface area contributed by atoms with Crippen molar-refractivity contribution in [2.45, 2.75) is 18.4 Å². The van der Waals surface area contributed by atoms with Gasteiger partial charge in [-0.05, 0) is 36.2 Å². The van der Waals surface area contributed by atoms with Crippen molar-refractivity contribution in [3.05, 3.63) is 64.7 Å². The Kier molecular flexibility index (Phi) is 4.48. The summed E-state index contributed by atoms with van der Waals surface area (Å²) < 4.78 is 26.3. The van der Waals surface area contributed by atoms with E-state index in [1.54, 1.807) is 26.1 Å². The molecular formula is C15H16ClNO2S. The fraction of sp³-hybridized carbons (Fsp3) is 0.200. The van der Waals surface area contributed by atoms with Crippen LogP contribution in [0, 0.1) is 6.92 Å². The van der Waals surface area contributed by atoms with Crippen molar-refractivity contribution in [1.29, 1.82) is 0 Å². The molecule has 0 aliphatic carbocycles. The summed E-state index contributed by atoms with van der Waals surface area (Å²) in [5, 5.41) is 0.565. The Balaban J connectivity index is 2.27. The average molecular weight is 310 g/mol. The maximum Gasteiger partial charge on any atom is 0.243 e. The van der Waals surface area contributed by atoms with Crippen LogP contribution in [0.25, 0.3) is 0 Å². The molecule has 3 nitrogen and oxygen atoms in total. The van der Waals surface area contributed by atoms with Gasteiger partial charge >= 0.3 is 0 Å². The van der Waals surface area contributed by atoms with Crippen molar-refractivity contribution in [3.63, 3.8) is 0 Å². The standard InChI is InChI=1S/C15H16ClNO2S/c1-12-10-14(8-9-15(12)16)20(18,19)17(2)11-13-6-4-3-5-7-13/h3-10H,11H2,1-2H3. The molecule has 0 amide bonds. The van der Waals surface area contributed by atoms with Gasteiger partial charge < -0.3 is 0 Å². The molecule has 20 heavy (non-hydrogen) atoms. The summed E-state index contributed by atoms with van der Waals surface area (Å²) in [5.41, 5.74) is 1.70. The predicted octanol–water partition coefficient (Wildman–Crippen LogP) is 3.47. The summed E-state index contributed by atoms with van der Waals surface area (Å²) >= 11 is 5.93. The highest BCUT2D eigenvalue weighted by molar-refractivity contribution is 7.89. The SMILES string of the molecule is Cc1cc(S(=O)(=O)N(C)Cc2ccccc2)ccc1Cl. The largest absolute Gasteiger partial charge is 0.243 e. The summed E-state index contributed by atoms with van der Waals surface area (Å²) in [6.07, 6.45) is 0. The smallest absolute Gasteiger partial charge is 0.207 e. The topological polar surface area (TPSA) is 37.4 Å². The number of halogens is 1. The summed E-state index contributed by atoms with van der Waals surface area (Å²) in [4.78, 5) is 0.262. The number of benzene rings is 2. The van der Waals surface area contributed by atoms with Crippen LogP contribution >= 0.6 is 11.6 Å². The Morgan fingerprint density at radius 3 is 2.35 bits per heavy atom. The lowest BCUT2D eigenvalue weighted by Crippen LogP contribution is -2.26. The van der Waals surface area contributed by atoms with Gasteiger partial charge in [0.1, 0.15) is 0 Å². The molecule has 0 aliphatic heterocycles. The fourth-order valence-corrected chi connectivity index (χ4v) is 3.25. The van der Waals surface area contributed by atoms with E-state index in [0.29, 0.717) is 11.6 Å². The Morgan fingerprint density at radius 2 is 1.75 bits per heavy atom. The molecule has 0 atom stereocenters. The zero-order valence-electron chi connectivity index (χ0n) is 11.4. The molecule has 0 fully saturated rings. The van der Waals surface area contributed by atoms with E-state index >= 15 is 0 Å². The monoisotopic (exact) mass is 309 g/mol. The number of hydrogen-bond donors (Lipinski definition) is 0. The minimum Gasteiger partial charge on any atom is -0.207 e. The van der Waals surface area contributed by atoms with Crippen LogP contribution in [-0.4, -0.2) is 19.8 Å². The molecular weight excluding hydrogens is 294 g/mol. The molecule has 0 heterocycles. The first kappa shape index (κ1) is 15.0. The molecule has 0 bridgehead atoms. The quantitative estimate of drug-likeness (QED) is 0.867. The third-order valence-corrected chi connectivity index (χ3v) is 5.31. The second kappa shape index (κ2) is 5.95. The van der Waals surface area contributed by atoms with E-state index in [1.165, 1.54) is 10.4 Å². The number of hydrogen-bond acceptors (Lipinski definition) is 2. The maximum atomic E-state index is 12.5. The van der Waals surface area contributed by atoms with Crippen molar-refractivity contribution < 1.29 is 8.42 Å². The molecule has 0 spiro atoms. The number of nitrogens with zero attached hydrogens (tertiary/aromatic N) is 1. The van der Waals surface area contributed by atoms with E-state index in [-0.39, 0.29) is 4.90 Å². The van der Waals surface area contributed by atoms with E-state index in [2.05, 4.69) is 0 Å². The third-order valence-electron chi connectivity index (χ3n) is 3.09. The van der Waals surface area contributed by atoms with Crippen molar-refractivity contribution in [2.75, 3.05) is 7.05 Å². The highest BCUT2D eigenvalue weighted by Gasteiger charge is 2.21. The van der Waals surface area contributed by atoms with Crippen LogP contribution in [-0.2, 0) is 16.6 Å². The van der Waals surface area contributed by atoms with Crippen LogP contribution in [0.4, 0.5) is 0 Å². The van der Waals surface area contributed by atoms with E-state index in [4.69, 9.17) is 11.6 Å². The number of sulfonamides is 1. The normalized spacial score (nSPS) is 11.8. The Bertz CT molecular complexity index is 699. The van der Waals surface area contributed by atoms with Gasteiger partial charge in [0.05, 0.1) is 4.90 Å². The second-order valence-electron chi connectivity index (χ2n) is 4.66. The maximum absolute atomic E-state index is 12.5. The predicted molar refractivity (Wildman–Crippen MR) is 81.3 cm³/mol. The molecule has 2 rings (SSSR count). The molecule has 0 N–H and O–H groups in total. The van der Waals surface area contributed by atoms with Gasteiger partial charge in [0.15, 0.2) is 0 Å². The molecule has 5 heteroatoms. The minimum absolute atomic E-state index is 0.262. The number of aryl methyl sites for hydroxylation is 1. The van der Waals surface area contributed by atoms with Gasteiger partial charge in [-0.15, -0.1) is 0 Å². The van der Waals surface area contributed by atoms with Crippen molar-refractivity contribution in [3.8, 4) is 0 Å². The zero-order chi connectivity index (χ0) is 14.8. The molecule has 2 aromatic rings. The van der Waals surface area contributed by atoms with Crippen LogP contribution < -0.4 is 0 Å². The van der Waals surface area contributed by atoms with Gasteiger partial charge in [0.25, 0.3) is 0 Å². The lowest BCUT2D eigenvalue weighted by atomic mass is 10.2. The average Bonchev–Trinajstić information content (AvgIpc) is 2.42. The fourth-order valence-electron chi connectivity index (χ4n) is 1.88. The summed E-state index contributed by atoms with van der Waals surface area (Å²) in [7, 11) is -1.93. The molecule has 0 saturated carbocycles. The Labute approximate surface area is 124 Å². The first-order valence-corrected chi connectivity index (χ1v) is 7.99. The second-order valence-corrected chi connectivity index (χ2v) is 7.11. The molecule has 0 radical (unpaired) electrons. The zero-order valence-corrected chi connectivity index (χ0v) is 12.9.